The van der Waals surface area contributed by atoms with Gasteiger partial charge in [0.2, 0.25) is 5.16 Å². The average molecular weight is 292 g/mol. The van der Waals surface area contributed by atoms with E-state index < -0.39 is 5.82 Å². The second-order valence-electron chi connectivity index (χ2n) is 3.97. The zero-order valence-corrected chi connectivity index (χ0v) is 11.7. The van der Waals surface area contributed by atoms with Crippen LogP contribution in [0.25, 0.3) is 0 Å². The third kappa shape index (κ3) is 3.31. The summed E-state index contributed by atoms with van der Waals surface area (Å²) in [4.78, 5) is 0. The lowest BCUT2D eigenvalue weighted by Crippen LogP contribution is -2.16. The first-order valence-corrected chi connectivity index (χ1v) is 6.96. The molecule has 0 saturated heterocycles. The molecule has 20 heavy (non-hydrogen) atoms. The second-order valence-corrected chi connectivity index (χ2v) is 4.91. The number of nitriles is 1. The van der Waals surface area contributed by atoms with E-state index in [0.29, 0.717) is 23.0 Å². The van der Waals surface area contributed by atoms with Gasteiger partial charge in [-0.15, -0.1) is 5.10 Å². The van der Waals surface area contributed by atoms with Gasteiger partial charge in [-0.1, -0.05) is 23.9 Å². The van der Waals surface area contributed by atoms with Crippen LogP contribution in [0.2, 0.25) is 0 Å². The number of benzene rings is 1. The summed E-state index contributed by atoms with van der Waals surface area (Å²) in [5.74, 6) is -0.0990. The van der Waals surface area contributed by atoms with E-state index in [1.165, 1.54) is 17.8 Å². The molecule has 1 N–H and O–H groups in total. The lowest BCUT2D eigenvalue weighted by molar-refractivity contribution is 0.530. The van der Waals surface area contributed by atoms with Crippen molar-refractivity contribution in [3.63, 3.8) is 0 Å². The molecule has 1 heterocycles. The Morgan fingerprint density at radius 3 is 3.10 bits per heavy atom. The van der Waals surface area contributed by atoms with Crippen molar-refractivity contribution >= 4 is 11.8 Å². The Balaban J connectivity index is 2.06. The first-order chi connectivity index (χ1) is 9.76. The quantitative estimate of drug-likeness (QED) is 0.806. The van der Waals surface area contributed by atoms with Crippen molar-refractivity contribution in [3.05, 3.63) is 35.1 Å². The highest BCUT2D eigenvalue weighted by atomic mass is 32.2. The van der Waals surface area contributed by atoms with E-state index >= 15 is 0 Å². The number of nitrogens with one attached hydrogen (secondary N) is 1. The molecule has 0 saturated carbocycles. The van der Waals surface area contributed by atoms with E-state index in [0.717, 1.165) is 6.54 Å². The van der Waals surface area contributed by atoms with Crippen LogP contribution in [-0.4, -0.2) is 33.8 Å². The van der Waals surface area contributed by atoms with E-state index in [-0.39, 0.29) is 5.56 Å². The summed E-state index contributed by atoms with van der Waals surface area (Å²) >= 11 is 1.34. The Morgan fingerprint density at radius 2 is 2.35 bits per heavy atom. The Hall–Kier alpha value is -1.98. The zero-order chi connectivity index (χ0) is 14.4. The van der Waals surface area contributed by atoms with Crippen molar-refractivity contribution in [2.75, 3.05) is 13.6 Å². The molecule has 1 aromatic carbocycles. The van der Waals surface area contributed by atoms with Crippen molar-refractivity contribution < 1.29 is 4.39 Å². The molecule has 2 aromatic rings. The van der Waals surface area contributed by atoms with Gasteiger partial charge in [-0.25, -0.2) is 9.07 Å². The fraction of sp³-hybridized carbons (Fsp3) is 0.333. The lowest BCUT2D eigenvalue weighted by atomic mass is 10.1. The first kappa shape index (κ1) is 14.4. The Morgan fingerprint density at radius 1 is 1.50 bits per heavy atom. The summed E-state index contributed by atoms with van der Waals surface area (Å²) in [6.45, 7) is 1.39. The molecular weight excluding hydrogens is 279 g/mol. The minimum absolute atomic E-state index is 0.0536. The maximum Gasteiger partial charge on any atom is 0.209 e. The summed E-state index contributed by atoms with van der Waals surface area (Å²) in [5, 5.41) is 23.8. The SMILES string of the molecule is CNCCn1nnnc1SCc1cccc(C#N)c1F. The fourth-order valence-electron chi connectivity index (χ4n) is 1.58. The molecule has 0 fully saturated rings. The van der Waals surface area contributed by atoms with Crippen LogP contribution < -0.4 is 5.32 Å². The number of likely N-dealkylation sites (N-methyl/N-ethyl adjacent to an activating group) is 1. The minimum Gasteiger partial charge on any atom is -0.318 e. The molecule has 0 spiro atoms. The third-order valence-corrected chi connectivity index (χ3v) is 3.63. The van der Waals surface area contributed by atoms with Crippen LogP contribution in [0, 0.1) is 17.1 Å². The topological polar surface area (TPSA) is 79.4 Å². The van der Waals surface area contributed by atoms with Crippen LogP contribution in [0.3, 0.4) is 0 Å². The van der Waals surface area contributed by atoms with E-state index in [1.807, 2.05) is 13.1 Å². The average Bonchev–Trinajstić information content (AvgIpc) is 2.91. The second kappa shape index (κ2) is 6.98. The smallest absolute Gasteiger partial charge is 0.209 e. The van der Waals surface area contributed by atoms with Crippen molar-refractivity contribution in [2.45, 2.75) is 17.5 Å². The number of aromatic nitrogens is 4. The summed E-state index contributed by atoms with van der Waals surface area (Å²) in [6.07, 6.45) is 0. The molecule has 0 unspecified atom stereocenters. The number of nitrogens with zero attached hydrogens (tertiary/aromatic N) is 5. The summed E-state index contributed by atoms with van der Waals surface area (Å²) < 4.78 is 15.6. The van der Waals surface area contributed by atoms with Gasteiger partial charge in [0.1, 0.15) is 11.9 Å². The van der Waals surface area contributed by atoms with Gasteiger partial charge in [-0.05, 0) is 29.1 Å². The van der Waals surface area contributed by atoms with E-state index in [9.17, 15) is 4.39 Å². The van der Waals surface area contributed by atoms with Gasteiger partial charge in [-0.2, -0.15) is 5.26 Å². The molecule has 0 aliphatic carbocycles. The third-order valence-electron chi connectivity index (χ3n) is 2.63. The van der Waals surface area contributed by atoms with Gasteiger partial charge < -0.3 is 5.32 Å². The van der Waals surface area contributed by atoms with Crippen LogP contribution >= 0.6 is 11.8 Å². The Bertz CT molecular complexity index is 621. The largest absolute Gasteiger partial charge is 0.318 e. The summed E-state index contributed by atoms with van der Waals surface area (Å²) in [7, 11) is 1.85. The lowest BCUT2D eigenvalue weighted by Gasteiger charge is -2.05. The van der Waals surface area contributed by atoms with Crippen LogP contribution in [0.15, 0.2) is 23.4 Å². The molecule has 2 rings (SSSR count). The standard InChI is InChI=1S/C12H13FN6S/c1-15-5-6-19-12(16-17-18-19)20-8-10-4-2-3-9(7-14)11(10)13/h2-4,15H,5-6,8H2,1H3. The highest BCUT2D eigenvalue weighted by Gasteiger charge is 2.11. The monoisotopic (exact) mass is 292 g/mol. The molecule has 0 radical (unpaired) electrons. The Labute approximate surface area is 120 Å². The highest BCUT2D eigenvalue weighted by Crippen LogP contribution is 2.22. The molecule has 104 valence electrons. The fourth-order valence-corrected chi connectivity index (χ4v) is 2.46. The molecule has 0 amide bonds. The predicted octanol–water partition coefficient (Wildman–Crippen LogP) is 1.20. The van der Waals surface area contributed by atoms with Gasteiger partial charge >= 0.3 is 0 Å². The zero-order valence-electron chi connectivity index (χ0n) is 10.9. The van der Waals surface area contributed by atoms with Crippen LogP contribution in [0.1, 0.15) is 11.1 Å². The molecular formula is C12H13FN6S. The normalized spacial score (nSPS) is 10.4. The number of hydrogen-bond acceptors (Lipinski definition) is 6. The summed E-state index contributed by atoms with van der Waals surface area (Å²) in [5.41, 5.74) is 0.523. The molecule has 6 nitrogen and oxygen atoms in total. The first-order valence-electron chi connectivity index (χ1n) is 5.97. The summed E-state index contributed by atoms with van der Waals surface area (Å²) in [6, 6.07) is 6.61. The van der Waals surface area contributed by atoms with Crippen molar-refractivity contribution in [2.24, 2.45) is 0 Å². The molecule has 1 aromatic heterocycles. The number of rotatable bonds is 6. The highest BCUT2D eigenvalue weighted by molar-refractivity contribution is 7.98. The number of tetrazole rings is 1. The predicted molar refractivity (Wildman–Crippen MR) is 72.4 cm³/mol. The van der Waals surface area contributed by atoms with E-state index in [4.69, 9.17) is 5.26 Å². The van der Waals surface area contributed by atoms with Crippen molar-refractivity contribution in [1.82, 2.24) is 25.5 Å². The van der Waals surface area contributed by atoms with Crippen molar-refractivity contribution in [3.8, 4) is 6.07 Å². The van der Waals surface area contributed by atoms with Crippen molar-refractivity contribution in [1.29, 1.82) is 5.26 Å². The maximum atomic E-state index is 13.9. The minimum atomic E-state index is -0.475. The molecule has 8 heteroatoms. The van der Waals surface area contributed by atoms with Gasteiger partial charge in [-0.3, -0.25) is 0 Å². The van der Waals surface area contributed by atoms with Crippen LogP contribution in [0.4, 0.5) is 4.39 Å². The van der Waals surface area contributed by atoms with Gasteiger partial charge in [0.05, 0.1) is 12.1 Å². The maximum absolute atomic E-state index is 13.9. The van der Waals surface area contributed by atoms with Crippen LogP contribution in [0.5, 0.6) is 0 Å². The van der Waals surface area contributed by atoms with Gasteiger partial charge in [0.25, 0.3) is 0 Å². The van der Waals surface area contributed by atoms with E-state index in [1.54, 1.807) is 16.8 Å². The number of hydrogen-bond donors (Lipinski definition) is 1. The number of halogens is 1. The molecule has 0 aliphatic heterocycles. The van der Waals surface area contributed by atoms with Crippen LogP contribution in [-0.2, 0) is 12.3 Å². The number of thioether (sulfide) groups is 1. The molecule has 0 atom stereocenters. The van der Waals surface area contributed by atoms with E-state index in [2.05, 4.69) is 20.8 Å². The molecule has 0 bridgehead atoms. The van der Waals surface area contributed by atoms with Gasteiger partial charge in [0, 0.05) is 12.3 Å². The van der Waals surface area contributed by atoms with Gasteiger partial charge in [0.15, 0.2) is 0 Å². The Kier molecular flexibility index (Phi) is 5.03. The molecule has 0 aliphatic rings.